The van der Waals surface area contributed by atoms with Crippen LogP contribution in [-0.4, -0.2) is 28.9 Å². The zero-order valence-electron chi connectivity index (χ0n) is 13.6. The number of nitrogens with one attached hydrogen (secondary N) is 1. The van der Waals surface area contributed by atoms with Gasteiger partial charge in [-0.25, -0.2) is 0 Å². The number of hydrogen-bond acceptors (Lipinski definition) is 3. The van der Waals surface area contributed by atoms with Gasteiger partial charge in [-0.1, -0.05) is 12.1 Å². The Balaban J connectivity index is 2.50. The second kappa shape index (κ2) is 6.48. The Kier molecular flexibility index (Phi) is 4.86. The molecule has 0 bridgehead atoms. The fraction of sp³-hybridized carbons (Fsp3) is 0.412. The van der Waals surface area contributed by atoms with Crippen molar-refractivity contribution in [3.8, 4) is 5.75 Å². The maximum Gasteiger partial charge on any atom is 0.174 e. The Morgan fingerprint density at radius 2 is 1.91 bits per heavy atom. The van der Waals surface area contributed by atoms with Crippen molar-refractivity contribution in [1.29, 1.82) is 0 Å². The first kappa shape index (κ1) is 16.5. The summed E-state index contributed by atoms with van der Waals surface area (Å²) in [5.74, 6) is 0.843. The van der Waals surface area contributed by atoms with Crippen LogP contribution in [0.4, 0.5) is 0 Å². The lowest BCUT2D eigenvalue weighted by Crippen LogP contribution is -2.49. The Morgan fingerprint density at radius 1 is 1.32 bits per heavy atom. The van der Waals surface area contributed by atoms with Gasteiger partial charge in [0.1, 0.15) is 5.75 Å². The normalized spacial score (nSPS) is 18.5. The Labute approximate surface area is 137 Å². The first-order valence-electron chi connectivity index (χ1n) is 7.32. The zero-order valence-corrected chi connectivity index (χ0v) is 14.5. The summed E-state index contributed by atoms with van der Waals surface area (Å²) in [6, 6.07) is 7.68. The Morgan fingerprint density at radius 3 is 2.36 bits per heavy atom. The van der Waals surface area contributed by atoms with Crippen molar-refractivity contribution in [2.45, 2.75) is 39.8 Å². The number of methoxy groups -OCH3 is 1. The van der Waals surface area contributed by atoms with Crippen molar-refractivity contribution in [3.63, 3.8) is 0 Å². The fourth-order valence-electron chi connectivity index (χ4n) is 2.88. The van der Waals surface area contributed by atoms with Crippen molar-refractivity contribution in [2.24, 2.45) is 0 Å². The molecule has 118 valence electrons. The largest absolute Gasteiger partial charge is 0.497 e. The maximum atomic E-state index is 12.2. The number of benzene rings is 1. The molecule has 1 aromatic rings. The lowest BCUT2D eigenvalue weighted by molar-refractivity contribution is -0.114. The van der Waals surface area contributed by atoms with E-state index in [2.05, 4.69) is 19.2 Å². The summed E-state index contributed by atoms with van der Waals surface area (Å²) in [6.07, 6.45) is 0. The average molecular weight is 318 g/mol. The predicted octanol–water partition coefficient (Wildman–Crippen LogP) is 3.20. The van der Waals surface area contributed by atoms with E-state index >= 15 is 0 Å². The van der Waals surface area contributed by atoms with E-state index < -0.39 is 0 Å². The number of nitrogens with zero attached hydrogens (tertiary/aromatic N) is 1. The average Bonchev–Trinajstić information content (AvgIpc) is 2.45. The highest BCUT2D eigenvalue weighted by Crippen LogP contribution is 2.32. The van der Waals surface area contributed by atoms with E-state index in [1.165, 1.54) is 0 Å². The van der Waals surface area contributed by atoms with E-state index in [9.17, 15) is 4.79 Å². The second-order valence-corrected chi connectivity index (χ2v) is 6.06. The molecule has 22 heavy (non-hydrogen) atoms. The van der Waals surface area contributed by atoms with Gasteiger partial charge in [0.05, 0.1) is 13.2 Å². The molecule has 1 aliphatic heterocycles. The minimum Gasteiger partial charge on any atom is -0.497 e. The van der Waals surface area contributed by atoms with E-state index in [0.717, 1.165) is 22.6 Å². The fourth-order valence-corrected chi connectivity index (χ4v) is 3.35. The van der Waals surface area contributed by atoms with Gasteiger partial charge in [0.25, 0.3) is 0 Å². The molecule has 1 aromatic carbocycles. The molecule has 1 unspecified atom stereocenters. The number of ether oxygens (including phenoxy) is 1. The van der Waals surface area contributed by atoms with Gasteiger partial charge in [0.2, 0.25) is 0 Å². The van der Waals surface area contributed by atoms with Crippen LogP contribution in [0.15, 0.2) is 35.5 Å². The molecule has 0 fully saturated rings. The topological polar surface area (TPSA) is 41.6 Å². The number of carbonyl (C=O) groups excluding carboxylic acids is 1. The molecular formula is C17H22N2O2S. The highest BCUT2D eigenvalue weighted by Gasteiger charge is 2.33. The maximum absolute atomic E-state index is 12.2. The van der Waals surface area contributed by atoms with Crippen LogP contribution in [0, 0.1) is 0 Å². The van der Waals surface area contributed by atoms with Gasteiger partial charge in [-0.3, -0.25) is 4.79 Å². The minimum atomic E-state index is -0.217. The van der Waals surface area contributed by atoms with Crippen LogP contribution >= 0.6 is 12.2 Å². The molecule has 1 N–H and O–H groups in total. The summed E-state index contributed by atoms with van der Waals surface area (Å²) in [4.78, 5) is 14.2. The third-order valence-corrected chi connectivity index (χ3v) is 4.19. The summed E-state index contributed by atoms with van der Waals surface area (Å²) < 4.78 is 5.19. The first-order valence-corrected chi connectivity index (χ1v) is 7.73. The van der Waals surface area contributed by atoms with Gasteiger partial charge in [-0.05, 0) is 57.6 Å². The highest BCUT2D eigenvalue weighted by atomic mass is 32.1. The van der Waals surface area contributed by atoms with Crippen molar-refractivity contribution in [2.75, 3.05) is 7.11 Å². The first-order chi connectivity index (χ1) is 10.4. The van der Waals surface area contributed by atoms with Crippen molar-refractivity contribution in [3.05, 3.63) is 41.1 Å². The molecule has 2 rings (SSSR count). The van der Waals surface area contributed by atoms with Crippen LogP contribution in [0.1, 0.15) is 39.3 Å². The Hall–Kier alpha value is -1.88. The highest BCUT2D eigenvalue weighted by molar-refractivity contribution is 7.80. The number of Topliss-reactive ketones (excluding diaryl/α,β-unsaturated/α-hetero) is 1. The lowest BCUT2D eigenvalue weighted by atomic mass is 9.92. The molecule has 0 aliphatic carbocycles. The monoisotopic (exact) mass is 318 g/mol. The third-order valence-electron chi connectivity index (χ3n) is 3.87. The summed E-state index contributed by atoms with van der Waals surface area (Å²) in [5, 5.41) is 3.95. The summed E-state index contributed by atoms with van der Waals surface area (Å²) in [5.41, 5.74) is 2.68. The number of thiocarbonyl (C=S) groups is 1. The van der Waals surface area contributed by atoms with Crippen LogP contribution < -0.4 is 10.1 Å². The van der Waals surface area contributed by atoms with Gasteiger partial charge in [-0.2, -0.15) is 0 Å². The number of carbonyl (C=O) groups is 1. The van der Waals surface area contributed by atoms with Crippen LogP contribution in [0.3, 0.4) is 0 Å². The van der Waals surface area contributed by atoms with E-state index in [0.29, 0.717) is 5.11 Å². The lowest BCUT2D eigenvalue weighted by Gasteiger charge is -2.40. The van der Waals surface area contributed by atoms with E-state index in [1.54, 1.807) is 14.0 Å². The molecule has 4 nitrogen and oxygen atoms in total. The van der Waals surface area contributed by atoms with Crippen molar-refractivity contribution < 1.29 is 9.53 Å². The standard InChI is InChI=1S/C17H22N2O2S/c1-10(2)19-11(3)15(12(4)20)16(18-17(19)22)13-6-8-14(21-5)9-7-13/h6-10,16H,1-5H3,(H,18,22). The van der Waals surface area contributed by atoms with Crippen LogP contribution in [0.2, 0.25) is 0 Å². The summed E-state index contributed by atoms with van der Waals surface area (Å²) >= 11 is 5.49. The quantitative estimate of drug-likeness (QED) is 0.864. The second-order valence-electron chi connectivity index (χ2n) is 5.67. The van der Waals surface area contributed by atoms with Crippen LogP contribution in [0.25, 0.3) is 0 Å². The molecular weight excluding hydrogens is 296 g/mol. The van der Waals surface area contributed by atoms with Crippen LogP contribution in [-0.2, 0) is 4.79 Å². The molecule has 1 aliphatic rings. The minimum absolute atomic E-state index is 0.0546. The van der Waals surface area contributed by atoms with Gasteiger partial charge >= 0.3 is 0 Å². The molecule has 1 atom stereocenters. The Bertz CT molecular complexity index is 620. The molecule has 0 saturated carbocycles. The van der Waals surface area contributed by atoms with Gasteiger partial charge in [0.15, 0.2) is 10.9 Å². The number of rotatable bonds is 4. The zero-order chi connectivity index (χ0) is 16.4. The molecule has 0 aromatic heterocycles. The number of hydrogen-bond donors (Lipinski definition) is 1. The molecule has 1 heterocycles. The van der Waals surface area contributed by atoms with Crippen LogP contribution in [0.5, 0.6) is 5.75 Å². The summed E-state index contributed by atoms with van der Waals surface area (Å²) in [6.45, 7) is 7.68. The van der Waals surface area contributed by atoms with E-state index in [4.69, 9.17) is 17.0 Å². The van der Waals surface area contributed by atoms with E-state index in [-0.39, 0.29) is 17.9 Å². The predicted molar refractivity (Wildman–Crippen MR) is 91.8 cm³/mol. The number of allylic oxidation sites excluding steroid dienone is 1. The number of ketones is 1. The van der Waals surface area contributed by atoms with Crippen molar-refractivity contribution in [1.82, 2.24) is 10.2 Å². The van der Waals surface area contributed by atoms with Crippen molar-refractivity contribution >= 4 is 23.1 Å². The third kappa shape index (κ3) is 2.99. The molecule has 0 spiro atoms. The molecule has 0 amide bonds. The van der Waals surface area contributed by atoms with Gasteiger partial charge < -0.3 is 15.0 Å². The molecule has 5 heteroatoms. The molecule has 0 saturated heterocycles. The molecule has 0 radical (unpaired) electrons. The SMILES string of the molecule is COc1ccc(C2NC(=S)N(C(C)C)C(C)=C2C(C)=O)cc1. The van der Waals surface area contributed by atoms with E-state index in [1.807, 2.05) is 36.1 Å². The smallest absolute Gasteiger partial charge is 0.174 e. The van der Waals surface area contributed by atoms with Gasteiger partial charge in [-0.15, -0.1) is 0 Å². The summed E-state index contributed by atoms with van der Waals surface area (Å²) in [7, 11) is 1.63. The van der Waals surface area contributed by atoms with Gasteiger partial charge in [0, 0.05) is 17.3 Å².